The van der Waals surface area contributed by atoms with Gasteiger partial charge >= 0.3 is 0 Å². The molecule has 1 atom stereocenters. The van der Waals surface area contributed by atoms with E-state index in [2.05, 4.69) is 5.32 Å². The minimum Gasteiger partial charge on any atom is -0.383 e. The number of rotatable bonds is 7. The van der Waals surface area contributed by atoms with Gasteiger partial charge in [0.05, 0.1) is 19.3 Å². The summed E-state index contributed by atoms with van der Waals surface area (Å²) in [7, 11) is 1.67. The molecule has 1 N–H and O–H groups in total. The van der Waals surface area contributed by atoms with Crippen molar-refractivity contribution in [2.45, 2.75) is 13.0 Å². The maximum atomic E-state index is 5.78. The van der Waals surface area contributed by atoms with Crippen molar-refractivity contribution in [2.24, 2.45) is 0 Å². The number of ether oxygens (including phenoxy) is 2. The van der Waals surface area contributed by atoms with E-state index in [4.69, 9.17) is 21.1 Å². The van der Waals surface area contributed by atoms with Gasteiger partial charge in [0.15, 0.2) is 0 Å². The van der Waals surface area contributed by atoms with Crippen molar-refractivity contribution < 1.29 is 9.47 Å². The molecule has 90 valence electrons. The Balaban J connectivity index is 2.13. The summed E-state index contributed by atoms with van der Waals surface area (Å²) in [6, 6.07) is 7.61. The molecule has 3 nitrogen and oxygen atoms in total. The van der Waals surface area contributed by atoms with Crippen molar-refractivity contribution in [3.63, 3.8) is 0 Å². The van der Waals surface area contributed by atoms with E-state index in [1.807, 2.05) is 31.2 Å². The minimum absolute atomic E-state index is 0.136. The molecule has 0 saturated carbocycles. The number of hydrogen-bond donors (Lipinski definition) is 1. The van der Waals surface area contributed by atoms with Crippen molar-refractivity contribution in [1.82, 2.24) is 0 Å². The van der Waals surface area contributed by atoms with Gasteiger partial charge < -0.3 is 14.8 Å². The Hall–Kier alpha value is -0.770. The van der Waals surface area contributed by atoms with Gasteiger partial charge in [-0.1, -0.05) is 11.6 Å². The summed E-state index contributed by atoms with van der Waals surface area (Å²) in [6.45, 7) is 4.05. The first kappa shape index (κ1) is 13.3. The molecule has 0 saturated heterocycles. The molecule has 0 fully saturated rings. The standard InChI is InChI=1S/C12H18ClNO2/c1-10(9-15-2)16-8-7-14-12-5-3-11(13)4-6-12/h3-6,10,14H,7-9H2,1-2H3. The quantitative estimate of drug-likeness (QED) is 0.747. The van der Waals surface area contributed by atoms with Gasteiger partial charge in [-0.15, -0.1) is 0 Å². The van der Waals surface area contributed by atoms with Crippen LogP contribution in [0, 0.1) is 0 Å². The molecule has 0 heterocycles. The maximum absolute atomic E-state index is 5.78. The zero-order chi connectivity index (χ0) is 11.8. The fraction of sp³-hybridized carbons (Fsp3) is 0.500. The molecule has 0 aliphatic carbocycles. The van der Waals surface area contributed by atoms with Crippen LogP contribution in [-0.2, 0) is 9.47 Å². The lowest BCUT2D eigenvalue weighted by molar-refractivity contribution is 0.0140. The van der Waals surface area contributed by atoms with E-state index in [-0.39, 0.29) is 6.10 Å². The molecule has 0 spiro atoms. The monoisotopic (exact) mass is 243 g/mol. The highest BCUT2D eigenvalue weighted by Crippen LogP contribution is 2.12. The summed E-state index contributed by atoms with van der Waals surface area (Å²) in [5.74, 6) is 0. The van der Waals surface area contributed by atoms with Gasteiger partial charge in [0.1, 0.15) is 0 Å². The summed E-state index contributed by atoms with van der Waals surface area (Å²) >= 11 is 5.78. The Morgan fingerprint density at radius 3 is 2.62 bits per heavy atom. The topological polar surface area (TPSA) is 30.5 Å². The zero-order valence-corrected chi connectivity index (χ0v) is 10.5. The molecule has 0 aliphatic heterocycles. The normalized spacial score (nSPS) is 12.4. The van der Waals surface area contributed by atoms with E-state index in [0.29, 0.717) is 13.2 Å². The first-order valence-electron chi connectivity index (χ1n) is 5.32. The number of halogens is 1. The summed E-state index contributed by atoms with van der Waals surface area (Å²) in [5.41, 5.74) is 1.05. The average molecular weight is 244 g/mol. The molecule has 0 aromatic heterocycles. The van der Waals surface area contributed by atoms with Crippen LogP contribution in [0.25, 0.3) is 0 Å². The first-order chi connectivity index (χ1) is 7.72. The van der Waals surface area contributed by atoms with E-state index in [9.17, 15) is 0 Å². The fourth-order valence-corrected chi connectivity index (χ4v) is 1.43. The van der Waals surface area contributed by atoms with Crippen LogP contribution < -0.4 is 5.32 Å². The molecular weight excluding hydrogens is 226 g/mol. The summed E-state index contributed by atoms with van der Waals surface area (Å²) < 4.78 is 10.5. The largest absolute Gasteiger partial charge is 0.383 e. The van der Waals surface area contributed by atoms with Crippen molar-refractivity contribution in [1.29, 1.82) is 0 Å². The van der Waals surface area contributed by atoms with Crippen LogP contribution in [0.4, 0.5) is 5.69 Å². The summed E-state index contributed by atoms with van der Waals surface area (Å²) in [5, 5.41) is 3.99. The number of methoxy groups -OCH3 is 1. The molecule has 1 rings (SSSR count). The minimum atomic E-state index is 0.136. The molecule has 0 amide bonds. The van der Waals surface area contributed by atoms with Gasteiger partial charge in [0.2, 0.25) is 0 Å². The van der Waals surface area contributed by atoms with Gasteiger partial charge in [-0.25, -0.2) is 0 Å². The maximum Gasteiger partial charge on any atom is 0.0781 e. The lowest BCUT2D eigenvalue weighted by atomic mass is 10.3. The van der Waals surface area contributed by atoms with Gasteiger partial charge in [0.25, 0.3) is 0 Å². The average Bonchev–Trinajstić information content (AvgIpc) is 2.27. The number of hydrogen-bond acceptors (Lipinski definition) is 3. The molecule has 4 heteroatoms. The zero-order valence-electron chi connectivity index (χ0n) is 9.70. The van der Waals surface area contributed by atoms with E-state index in [1.165, 1.54) is 0 Å². The van der Waals surface area contributed by atoms with Gasteiger partial charge in [0, 0.05) is 24.4 Å². The van der Waals surface area contributed by atoms with E-state index >= 15 is 0 Å². The van der Waals surface area contributed by atoms with Gasteiger partial charge in [-0.05, 0) is 31.2 Å². The van der Waals surface area contributed by atoms with Crippen LogP contribution >= 0.6 is 11.6 Å². The van der Waals surface area contributed by atoms with E-state index in [1.54, 1.807) is 7.11 Å². The molecule has 1 aromatic carbocycles. The summed E-state index contributed by atoms with van der Waals surface area (Å²) in [4.78, 5) is 0. The lowest BCUT2D eigenvalue weighted by Crippen LogP contribution is -2.19. The Bertz CT molecular complexity index is 290. The Labute approximate surface area is 102 Å². The number of benzene rings is 1. The Morgan fingerprint density at radius 2 is 2.00 bits per heavy atom. The SMILES string of the molecule is COCC(C)OCCNc1ccc(Cl)cc1. The van der Waals surface area contributed by atoms with Crippen LogP contribution in [0.5, 0.6) is 0 Å². The number of anilines is 1. The lowest BCUT2D eigenvalue weighted by Gasteiger charge is -2.12. The smallest absolute Gasteiger partial charge is 0.0781 e. The van der Waals surface area contributed by atoms with E-state index in [0.717, 1.165) is 17.3 Å². The van der Waals surface area contributed by atoms with Crippen LogP contribution in [-0.4, -0.2) is 33.0 Å². The molecule has 16 heavy (non-hydrogen) atoms. The first-order valence-corrected chi connectivity index (χ1v) is 5.70. The molecule has 1 unspecified atom stereocenters. The Morgan fingerprint density at radius 1 is 1.31 bits per heavy atom. The predicted octanol–water partition coefficient (Wildman–Crippen LogP) is 2.80. The second kappa shape index (κ2) is 7.49. The van der Waals surface area contributed by atoms with Crippen molar-refractivity contribution in [2.75, 3.05) is 32.2 Å². The highest BCUT2D eigenvalue weighted by atomic mass is 35.5. The van der Waals surface area contributed by atoms with Crippen LogP contribution in [0.1, 0.15) is 6.92 Å². The van der Waals surface area contributed by atoms with Gasteiger partial charge in [-0.2, -0.15) is 0 Å². The van der Waals surface area contributed by atoms with E-state index < -0.39 is 0 Å². The summed E-state index contributed by atoms with van der Waals surface area (Å²) in [6.07, 6.45) is 0.136. The molecule has 0 radical (unpaired) electrons. The van der Waals surface area contributed by atoms with Crippen molar-refractivity contribution >= 4 is 17.3 Å². The fourth-order valence-electron chi connectivity index (χ4n) is 1.31. The molecule has 0 bridgehead atoms. The third kappa shape index (κ3) is 5.35. The van der Waals surface area contributed by atoms with Gasteiger partial charge in [-0.3, -0.25) is 0 Å². The Kier molecular flexibility index (Phi) is 6.23. The molecular formula is C12H18ClNO2. The third-order valence-corrected chi connectivity index (χ3v) is 2.33. The van der Waals surface area contributed by atoms with Crippen LogP contribution in [0.15, 0.2) is 24.3 Å². The molecule has 1 aromatic rings. The number of nitrogens with one attached hydrogen (secondary N) is 1. The van der Waals surface area contributed by atoms with Crippen LogP contribution in [0.2, 0.25) is 5.02 Å². The second-order valence-electron chi connectivity index (χ2n) is 3.57. The highest BCUT2D eigenvalue weighted by molar-refractivity contribution is 6.30. The predicted molar refractivity (Wildman–Crippen MR) is 67.2 cm³/mol. The van der Waals surface area contributed by atoms with Crippen LogP contribution in [0.3, 0.4) is 0 Å². The van der Waals surface area contributed by atoms with Crippen molar-refractivity contribution in [3.05, 3.63) is 29.3 Å². The second-order valence-corrected chi connectivity index (χ2v) is 4.01. The van der Waals surface area contributed by atoms with Crippen molar-refractivity contribution in [3.8, 4) is 0 Å². The molecule has 0 aliphatic rings. The highest BCUT2D eigenvalue weighted by Gasteiger charge is 1.99. The third-order valence-electron chi connectivity index (χ3n) is 2.08.